The van der Waals surface area contributed by atoms with Crippen LogP contribution in [0.3, 0.4) is 0 Å². The summed E-state index contributed by atoms with van der Waals surface area (Å²) in [5, 5.41) is 9.83. The summed E-state index contributed by atoms with van der Waals surface area (Å²) in [6, 6.07) is 19.2. The van der Waals surface area contributed by atoms with Gasteiger partial charge in [-0.25, -0.2) is 19.9 Å². The molecule has 8 nitrogen and oxygen atoms in total. The number of nitrogens with zero attached hydrogens (tertiary/aromatic N) is 5. The Labute approximate surface area is 196 Å². The molecule has 0 atom stereocenters. The van der Waals surface area contributed by atoms with Gasteiger partial charge in [0.2, 0.25) is 5.88 Å². The van der Waals surface area contributed by atoms with Crippen LogP contribution in [0.25, 0.3) is 39.5 Å². The number of hydrogen-bond acceptors (Lipinski definition) is 7. The smallest absolute Gasteiger partial charge is 0.211 e. The van der Waals surface area contributed by atoms with E-state index in [0.717, 1.165) is 47.2 Å². The third-order valence-electron chi connectivity index (χ3n) is 6.57. The number of benzene rings is 1. The van der Waals surface area contributed by atoms with Crippen LogP contribution in [0.2, 0.25) is 0 Å². The molecule has 0 radical (unpaired) electrons. The molecule has 0 bridgehead atoms. The topological polar surface area (TPSA) is 129 Å². The molecule has 1 aliphatic rings. The molecule has 0 amide bonds. The number of anilines is 1. The van der Waals surface area contributed by atoms with Gasteiger partial charge in [0.1, 0.15) is 11.3 Å². The summed E-state index contributed by atoms with van der Waals surface area (Å²) in [6.07, 6.45) is 6.37. The lowest BCUT2D eigenvalue weighted by Gasteiger charge is -2.38. The summed E-state index contributed by atoms with van der Waals surface area (Å²) in [6.45, 7) is 0. The summed E-state index contributed by atoms with van der Waals surface area (Å²) in [5.74, 6) is 0.992. The molecule has 5 aromatic rings. The van der Waals surface area contributed by atoms with Crippen LogP contribution in [0, 0.1) is 0 Å². The number of aromatic hydroxyl groups is 1. The first-order valence-electron chi connectivity index (χ1n) is 11.2. The lowest BCUT2D eigenvalue weighted by atomic mass is 9.73. The number of rotatable bonds is 4. The molecule has 8 heteroatoms. The van der Waals surface area contributed by atoms with Crippen molar-refractivity contribution in [1.29, 1.82) is 0 Å². The van der Waals surface area contributed by atoms with Crippen molar-refractivity contribution < 1.29 is 5.11 Å². The van der Waals surface area contributed by atoms with E-state index in [1.54, 1.807) is 18.5 Å². The minimum atomic E-state index is -0.235. The maximum absolute atomic E-state index is 9.83. The van der Waals surface area contributed by atoms with Gasteiger partial charge in [-0.1, -0.05) is 12.1 Å². The first-order chi connectivity index (χ1) is 16.5. The molecule has 4 heterocycles. The van der Waals surface area contributed by atoms with Crippen molar-refractivity contribution in [3.63, 3.8) is 0 Å². The molecular weight excluding hydrogens is 426 g/mol. The maximum atomic E-state index is 9.83. The molecule has 6 rings (SSSR count). The number of nitrogens with two attached hydrogens (primary N) is 2. The predicted molar refractivity (Wildman–Crippen MR) is 131 cm³/mol. The zero-order chi connectivity index (χ0) is 23.3. The molecule has 1 aromatic carbocycles. The van der Waals surface area contributed by atoms with E-state index in [9.17, 15) is 5.11 Å². The Bertz CT molecular complexity index is 1520. The van der Waals surface area contributed by atoms with Crippen molar-refractivity contribution in [3.8, 4) is 34.2 Å². The number of aromatic nitrogens is 5. The molecule has 0 unspecified atom stereocenters. The summed E-state index contributed by atoms with van der Waals surface area (Å²) in [7, 11) is 0. The van der Waals surface area contributed by atoms with E-state index in [1.807, 2.05) is 47.0 Å². The molecule has 1 aliphatic carbocycles. The highest BCUT2D eigenvalue weighted by Crippen LogP contribution is 2.39. The van der Waals surface area contributed by atoms with Crippen LogP contribution >= 0.6 is 0 Å². The van der Waals surface area contributed by atoms with E-state index in [-0.39, 0.29) is 11.4 Å². The Kier molecular flexibility index (Phi) is 4.56. The van der Waals surface area contributed by atoms with Gasteiger partial charge in [-0.05, 0) is 67.3 Å². The van der Waals surface area contributed by atoms with Crippen LogP contribution in [0.15, 0.2) is 73.1 Å². The average molecular weight is 450 g/mol. The van der Waals surface area contributed by atoms with E-state index in [4.69, 9.17) is 21.4 Å². The molecular formula is C26H23N7O. The van der Waals surface area contributed by atoms with Gasteiger partial charge >= 0.3 is 0 Å². The summed E-state index contributed by atoms with van der Waals surface area (Å²) >= 11 is 0. The largest absolute Gasteiger partial charge is 0.493 e. The maximum Gasteiger partial charge on any atom is 0.211 e. The van der Waals surface area contributed by atoms with Gasteiger partial charge in [-0.15, -0.1) is 0 Å². The standard InChI is InChI=1S/C26H23N7O/c27-23-19(3-1-13-30-23)24-32-21-9-8-20(16-10-14-29-22(34)15-16)31-25(21)33(24)18-6-4-17(5-7-18)26(28)11-2-12-26/h1,3-10,13-15H,2,11-12,28H2,(H2,27,30)(H,29,34). The highest BCUT2D eigenvalue weighted by atomic mass is 16.3. The molecule has 1 saturated carbocycles. The molecule has 1 fully saturated rings. The van der Waals surface area contributed by atoms with Crippen LogP contribution in [-0.4, -0.2) is 29.6 Å². The minimum Gasteiger partial charge on any atom is -0.493 e. The first kappa shape index (κ1) is 20.3. The zero-order valence-corrected chi connectivity index (χ0v) is 18.4. The van der Waals surface area contributed by atoms with Crippen LogP contribution in [0.4, 0.5) is 5.82 Å². The van der Waals surface area contributed by atoms with Crippen LogP contribution in [0.5, 0.6) is 5.88 Å². The fourth-order valence-corrected chi connectivity index (χ4v) is 4.52. The van der Waals surface area contributed by atoms with Gasteiger partial charge in [0.25, 0.3) is 0 Å². The quantitative estimate of drug-likeness (QED) is 0.375. The molecule has 4 aromatic heterocycles. The van der Waals surface area contributed by atoms with E-state index in [1.165, 1.54) is 0 Å². The average Bonchev–Trinajstić information content (AvgIpc) is 3.21. The summed E-state index contributed by atoms with van der Waals surface area (Å²) < 4.78 is 1.99. The van der Waals surface area contributed by atoms with Gasteiger partial charge < -0.3 is 16.6 Å². The van der Waals surface area contributed by atoms with Crippen LogP contribution in [0.1, 0.15) is 24.8 Å². The van der Waals surface area contributed by atoms with Gasteiger partial charge in [0, 0.05) is 35.2 Å². The lowest BCUT2D eigenvalue weighted by Crippen LogP contribution is -2.43. The van der Waals surface area contributed by atoms with Gasteiger partial charge in [-0.3, -0.25) is 4.57 Å². The Morgan fingerprint density at radius 1 is 0.912 bits per heavy atom. The van der Waals surface area contributed by atoms with Crippen LogP contribution in [-0.2, 0) is 5.54 Å². The predicted octanol–water partition coefficient (Wildman–Crippen LogP) is 4.17. The Balaban J connectivity index is 1.57. The molecule has 5 N–H and O–H groups in total. The van der Waals surface area contributed by atoms with E-state index >= 15 is 0 Å². The van der Waals surface area contributed by atoms with Crippen molar-refractivity contribution >= 4 is 17.0 Å². The van der Waals surface area contributed by atoms with Gasteiger partial charge in [-0.2, -0.15) is 0 Å². The Hall–Kier alpha value is -4.30. The molecule has 0 aliphatic heterocycles. The highest BCUT2D eigenvalue weighted by molar-refractivity contribution is 5.84. The summed E-state index contributed by atoms with van der Waals surface area (Å²) in [5.41, 5.74) is 18.1. The monoisotopic (exact) mass is 449 g/mol. The number of fused-ring (bicyclic) bond motifs is 1. The van der Waals surface area contributed by atoms with Crippen molar-refractivity contribution in [2.24, 2.45) is 5.73 Å². The van der Waals surface area contributed by atoms with E-state index < -0.39 is 0 Å². The van der Waals surface area contributed by atoms with Crippen molar-refractivity contribution in [2.75, 3.05) is 5.73 Å². The van der Waals surface area contributed by atoms with Crippen LogP contribution < -0.4 is 11.5 Å². The molecule has 0 spiro atoms. The van der Waals surface area contributed by atoms with Crippen molar-refractivity contribution in [1.82, 2.24) is 24.5 Å². The molecule has 0 saturated heterocycles. The fraction of sp³-hybridized carbons (Fsp3) is 0.154. The highest BCUT2D eigenvalue weighted by Gasteiger charge is 2.34. The Morgan fingerprint density at radius 3 is 2.44 bits per heavy atom. The normalized spacial score (nSPS) is 14.7. The minimum absolute atomic E-state index is 0.0565. The lowest BCUT2D eigenvalue weighted by molar-refractivity contribution is 0.253. The Morgan fingerprint density at radius 2 is 1.74 bits per heavy atom. The number of pyridine rings is 3. The van der Waals surface area contributed by atoms with Crippen molar-refractivity contribution in [3.05, 3.63) is 78.6 Å². The number of nitrogen functional groups attached to an aromatic ring is 1. The molecule has 34 heavy (non-hydrogen) atoms. The van der Waals surface area contributed by atoms with Gasteiger partial charge in [0.15, 0.2) is 11.5 Å². The fourth-order valence-electron chi connectivity index (χ4n) is 4.52. The second kappa shape index (κ2) is 7.64. The zero-order valence-electron chi connectivity index (χ0n) is 18.4. The second-order valence-corrected chi connectivity index (χ2v) is 8.71. The second-order valence-electron chi connectivity index (χ2n) is 8.71. The van der Waals surface area contributed by atoms with Crippen molar-refractivity contribution in [2.45, 2.75) is 24.8 Å². The SMILES string of the molecule is Nc1ncccc1-c1nc2ccc(-c3ccnc(O)c3)nc2n1-c1ccc(C2(N)CCC2)cc1. The third kappa shape index (κ3) is 3.27. The number of imidazole rings is 1. The summed E-state index contributed by atoms with van der Waals surface area (Å²) in [4.78, 5) is 17.9. The molecule has 168 valence electrons. The van der Waals surface area contributed by atoms with E-state index in [0.29, 0.717) is 23.0 Å². The number of hydrogen-bond donors (Lipinski definition) is 3. The first-order valence-corrected chi connectivity index (χ1v) is 11.2. The van der Waals surface area contributed by atoms with Gasteiger partial charge in [0.05, 0.1) is 11.3 Å². The third-order valence-corrected chi connectivity index (χ3v) is 6.57. The van der Waals surface area contributed by atoms with E-state index in [2.05, 4.69) is 22.1 Å².